The monoisotopic (exact) mass is 332 g/mol. The van der Waals surface area contributed by atoms with Crippen molar-refractivity contribution in [2.75, 3.05) is 0 Å². The molecule has 5 heteroatoms. The number of allylic oxidation sites excluding steroid dienone is 2. The largest absolute Gasteiger partial charge is 0.289 e. The van der Waals surface area contributed by atoms with Crippen LogP contribution in [0.25, 0.3) is 12.2 Å². The highest BCUT2D eigenvalue weighted by Crippen LogP contribution is 2.30. The van der Waals surface area contributed by atoms with Gasteiger partial charge in [0.1, 0.15) is 0 Å². The molecule has 0 aromatic heterocycles. The Bertz CT molecular complexity index is 809. The molecule has 1 fully saturated rings. The lowest BCUT2D eigenvalue weighted by Gasteiger charge is -1.99. The topological polar surface area (TPSA) is 17.1 Å². The van der Waals surface area contributed by atoms with Gasteiger partial charge < -0.3 is 0 Å². The maximum atomic E-state index is 13.2. The molecule has 1 aliphatic rings. The number of Topliss-reactive ketones (excluding diaryl/α,β-unsaturated/α-hetero) is 1. The lowest BCUT2D eigenvalue weighted by molar-refractivity contribution is -0.111. The first-order valence-corrected chi connectivity index (χ1v) is 7.30. The summed E-state index contributed by atoms with van der Waals surface area (Å²) >= 11 is 0. The first kappa shape index (κ1) is 16.2. The summed E-state index contributed by atoms with van der Waals surface area (Å²) in [5.41, 5.74) is 1.72. The molecular formula is C19H12F4O. The van der Waals surface area contributed by atoms with E-state index in [1.807, 2.05) is 0 Å². The minimum Gasteiger partial charge on any atom is -0.289 e. The molecule has 1 aliphatic carbocycles. The van der Waals surface area contributed by atoms with E-state index in [4.69, 9.17) is 0 Å². The SMILES string of the molecule is O=C1/C(=C/c2ccc(F)c(F)c2)CC/C1=C\c1ccc(F)c(F)c1. The lowest BCUT2D eigenvalue weighted by Crippen LogP contribution is -1.96. The Morgan fingerprint density at radius 3 is 1.46 bits per heavy atom. The van der Waals surface area contributed by atoms with Crippen molar-refractivity contribution in [3.63, 3.8) is 0 Å². The maximum absolute atomic E-state index is 13.2. The fraction of sp³-hybridized carbons (Fsp3) is 0.105. The smallest absolute Gasteiger partial charge is 0.185 e. The van der Waals surface area contributed by atoms with Crippen molar-refractivity contribution >= 4 is 17.9 Å². The quantitative estimate of drug-likeness (QED) is 0.554. The Labute approximate surface area is 135 Å². The minimum absolute atomic E-state index is 0.232. The zero-order chi connectivity index (χ0) is 17.3. The molecule has 3 rings (SSSR count). The summed E-state index contributed by atoms with van der Waals surface area (Å²) in [6.45, 7) is 0. The molecule has 0 aliphatic heterocycles. The third-order valence-electron chi connectivity index (χ3n) is 3.82. The van der Waals surface area contributed by atoms with E-state index in [9.17, 15) is 22.4 Å². The van der Waals surface area contributed by atoms with Gasteiger partial charge in [0.05, 0.1) is 0 Å². The van der Waals surface area contributed by atoms with Gasteiger partial charge in [0.2, 0.25) is 0 Å². The second kappa shape index (κ2) is 6.43. The van der Waals surface area contributed by atoms with Crippen molar-refractivity contribution in [2.45, 2.75) is 12.8 Å². The molecule has 2 aromatic carbocycles. The summed E-state index contributed by atoms with van der Waals surface area (Å²) in [6.07, 6.45) is 3.93. The Balaban J connectivity index is 1.86. The zero-order valence-corrected chi connectivity index (χ0v) is 12.5. The van der Waals surface area contributed by atoms with Gasteiger partial charge in [0.25, 0.3) is 0 Å². The first-order chi connectivity index (χ1) is 11.4. The average molecular weight is 332 g/mol. The molecule has 1 nitrogen and oxygen atoms in total. The van der Waals surface area contributed by atoms with E-state index in [0.29, 0.717) is 35.1 Å². The van der Waals surface area contributed by atoms with E-state index in [-0.39, 0.29) is 5.78 Å². The van der Waals surface area contributed by atoms with E-state index in [1.165, 1.54) is 24.3 Å². The predicted molar refractivity (Wildman–Crippen MR) is 82.9 cm³/mol. The molecule has 122 valence electrons. The van der Waals surface area contributed by atoms with E-state index in [0.717, 1.165) is 24.3 Å². The summed E-state index contributed by atoms with van der Waals surface area (Å²) in [5, 5.41) is 0. The Morgan fingerprint density at radius 1 is 0.667 bits per heavy atom. The molecule has 1 saturated carbocycles. The molecule has 0 atom stereocenters. The number of halogens is 4. The first-order valence-electron chi connectivity index (χ1n) is 7.30. The molecule has 0 radical (unpaired) electrons. The van der Waals surface area contributed by atoms with E-state index >= 15 is 0 Å². The standard InChI is InChI=1S/C19H12F4O/c20-15-5-1-11(9-17(15)22)7-13-3-4-14(19(13)24)8-12-2-6-16(21)18(23)10-12/h1-2,5-10H,3-4H2/b13-7+,14-8+. The van der Waals surface area contributed by atoms with Crippen LogP contribution in [0.15, 0.2) is 47.5 Å². The highest BCUT2D eigenvalue weighted by atomic mass is 19.2. The number of carbonyl (C=O) groups is 1. The summed E-state index contributed by atoms with van der Waals surface area (Å²) in [5.74, 6) is -4.09. The van der Waals surface area contributed by atoms with Crippen LogP contribution < -0.4 is 0 Å². The van der Waals surface area contributed by atoms with E-state index in [2.05, 4.69) is 0 Å². The van der Waals surface area contributed by atoms with Gasteiger partial charge in [-0.25, -0.2) is 17.6 Å². The number of carbonyl (C=O) groups excluding carboxylic acids is 1. The van der Waals surface area contributed by atoms with Crippen LogP contribution in [0.5, 0.6) is 0 Å². The highest BCUT2D eigenvalue weighted by molar-refractivity contribution is 6.15. The molecule has 0 unspecified atom stereocenters. The van der Waals surface area contributed by atoms with Crippen LogP contribution in [0.4, 0.5) is 17.6 Å². The predicted octanol–water partition coefficient (Wildman–Crippen LogP) is 5.07. The number of rotatable bonds is 2. The normalized spacial score (nSPS) is 17.9. The van der Waals surface area contributed by atoms with Crippen molar-refractivity contribution in [3.8, 4) is 0 Å². The van der Waals surface area contributed by atoms with Gasteiger partial charge >= 0.3 is 0 Å². The zero-order valence-electron chi connectivity index (χ0n) is 12.5. The molecule has 0 heterocycles. The molecule has 0 amide bonds. The highest BCUT2D eigenvalue weighted by Gasteiger charge is 2.23. The maximum Gasteiger partial charge on any atom is 0.185 e. The number of hydrogen-bond acceptors (Lipinski definition) is 1. The summed E-state index contributed by atoms with van der Waals surface area (Å²) in [4.78, 5) is 12.3. The summed E-state index contributed by atoms with van der Waals surface area (Å²) < 4.78 is 52.3. The Kier molecular flexibility index (Phi) is 4.34. The average Bonchev–Trinajstić information content (AvgIpc) is 2.88. The van der Waals surface area contributed by atoms with Crippen LogP contribution >= 0.6 is 0 Å². The van der Waals surface area contributed by atoms with Gasteiger partial charge in [-0.05, 0) is 60.4 Å². The van der Waals surface area contributed by atoms with Crippen LogP contribution in [-0.2, 0) is 4.79 Å². The van der Waals surface area contributed by atoms with E-state index < -0.39 is 23.3 Å². The van der Waals surface area contributed by atoms with Crippen molar-refractivity contribution in [3.05, 3.63) is 81.9 Å². The Morgan fingerprint density at radius 2 is 1.08 bits per heavy atom. The molecule has 0 spiro atoms. The van der Waals surface area contributed by atoms with Gasteiger partial charge in [-0.15, -0.1) is 0 Å². The van der Waals surface area contributed by atoms with Gasteiger partial charge in [-0.2, -0.15) is 0 Å². The van der Waals surface area contributed by atoms with Crippen LogP contribution in [0.1, 0.15) is 24.0 Å². The van der Waals surface area contributed by atoms with Gasteiger partial charge in [0.15, 0.2) is 29.1 Å². The van der Waals surface area contributed by atoms with Crippen molar-refractivity contribution in [1.29, 1.82) is 0 Å². The molecule has 0 saturated heterocycles. The van der Waals surface area contributed by atoms with Crippen LogP contribution in [0.2, 0.25) is 0 Å². The number of benzene rings is 2. The van der Waals surface area contributed by atoms with Gasteiger partial charge in [0, 0.05) is 11.1 Å². The molecule has 0 bridgehead atoms. The third-order valence-corrected chi connectivity index (χ3v) is 3.82. The molecule has 2 aromatic rings. The fourth-order valence-electron chi connectivity index (χ4n) is 2.58. The number of ketones is 1. The van der Waals surface area contributed by atoms with Gasteiger partial charge in [-0.1, -0.05) is 12.1 Å². The van der Waals surface area contributed by atoms with Crippen molar-refractivity contribution in [2.24, 2.45) is 0 Å². The van der Waals surface area contributed by atoms with Crippen molar-refractivity contribution in [1.82, 2.24) is 0 Å². The second-order valence-corrected chi connectivity index (χ2v) is 5.52. The van der Waals surface area contributed by atoms with Crippen LogP contribution in [0, 0.1) is 23.3 Å². The fourth-order valence-corrected chi connectivity index (χ4v) is 2.58. The lowest BCUT2D eigenvalue weighted by atomic mass is 10.1. The van der Waals surface area contributed by atoms with Crippen LogP contribution in [-0.4, -0.2) is 5.78 Å². The number of hydrogen-bond donors (Lipinski definition) is 0. The minimum atomic E-state index is -0.979. The van der Waals surface area contributed by atoms with E-state index in [1.54, 1.807) is 0 Å². The van der Waals surface area contributed by atoms with Crippen molar-refractivity contribution < 1.29 is 22.4 Å². The summed E-state index contributed by atoms with van der Waals surface area (Å²) in [7, 11) is 0. The third kappa shape index (κ3) is 3.30. The van der Waals surface area contributed by atoms with Gasteiger partial charge in [-0.3, -0.25) is 4.79 Å². The molecular weight excluding hydrogens is 320 g/mol. The molecule has 0 N–H and O–H groups in total. The Hall–Kier alpha value is -2.69. The summed E-state index contributed by atoms with van der Waals surface area (Å²) in [6, 6.07) is 6.81. The molecule has 24 heavy (non-hydrogen) atoms. The second-order valence-electron chi connectivity index (χ2n) is 5.52. The van der Waals surface area contributed by atoms with Crippen LogP contribution in [0.3, 0.4) is 0 Å².